The van der Waals surface area contributed by atoms with Crippen LogP contribution in [-0.4, -0.2) is 41.7 Å². The van der Waals surface area contributed by atoms with Crippen molar-refractivity contribution in [1.82, 2.24) is 19.8 Å². The molecule has 0 aliphatic carbocycles. The van der Waals surface area contributed by atoms with Crippen LogP contribution >= 0.6 is 0 Å². The number of amides is 1. The molecule has 0 aromatic carbocycles. The van der Waals surface area contributed by atoms with E-state index < -0.39 is 11.2 Å². The lowest BCUT2D eigenvalue weighted by molar-refractivity contribution is -0.119. The molecule has 1 heterocycles. The summed E-state index contributed by atoms with van der Waals surface area (Å²) < 4.78 is 2.08. The van der Waals surface area contributed by atoms with E-state index >= 15 is 0 Å². The molecule has 0 aliphatic heterocycles. The average Bonchev–Trinajstić information content (AvgIpc) is 2.47. The Morgan fingerprint density at radius 2 is 1.86 bits per heavy atom. The zero-order chi connectivity index (χ0) is 16.0. The quantitative estimate of drug-likeness (QED) is 0.424. The van der Waals surface area contributed by atoms with Crippen molar-refractivity contribution in [3.63, 3.8) is 0 Å². The highest BCUT2D eigenvalue weighted by molar-refractivity contribution is 5.81. The molecule has 118 valence electrons. The monoisotopic (exact) mass is 298 g/mol. The summed E-state index contributed by atoms with van der Waals surface area (Å²) >= 11 is 0. The average molecular weight is 298 g/mol. The number of carbonyl (C=O) groups is 1. The Balaban J connectivity index is 2.70. The van der Waals surface area contributed by atoms with E-state index in [-0.39, 0.29) is 24.0 Å². The number of nitrogens with two attached hydrogens (primary N) is 1. The third-order valence-corrected chi connectivity index (χ3v) is 3.06. The molecular formula is C12H22N6O3. The van der Waals surface area contributed by atoms with Gasteiger partial charge in [-0.3, -0.25) is 18.7 Å². The minimum Gasteiger partial charge on any atom is -0.383 e. The molecule has 0 saturated heterocycles. The summed E-state index contributed by atoms with van der Waals surface area (Å²) in [5.41, 5.74) is 4.70. The first kappa shape index (κ1) is 16.8. The molecule has 0 saturated carbocycles. The largest absolute Gasteiger partial charge is 0.383 e. The number of rotatable bonds is 7. The lowest BCUT2D eigenvalue weighted by Gasteiger charge is -2.13. The Kier molecular flexibility index (Phi) is 5.97. The molecular weight excluding hydrogens is 276 g/mol. The highest BCUT2D eigenvalue weighted by Gasteiger charge is 2.13. The molecule has 0 bridgehead atoms. The standard InChI is InChI=1S/C12H22N6O3/c1-14-5-4-6-15-8(19)7-16-9-10(13)17(2)12(21)18(3)11(9)20/h14,16H,4-7,13H2,1-3H3,(H,15,19). The van der Waals surface area contributed by atoms with Crippen molar-refractivity contribution in [2.75, 3.05) is 37.7 Å². The highest BCUT2D eigenvalue weighted by atomic mass is 16.2. The second-order valence-corrected chi connectivity index (χ2v) is 4.63. The molecule has 1 aromatic heterocycles. The Hall–Kier alpha value is -2.29. The first-order valence-corrected chi connectivity index (χ1v) is 6.60. The van der Waals surface area contributed by atoms with Gasteiger partial charge in [-0.15, -0.1) is 0 Å². The van der Waals surface area contributed by atoms with E-state index in [0.717, 1.165) is 22.1 Å². The smallest absolute Gasteiger partial charge is 0.332 e. The van der Waals surface area contributed by atoms with E-state index in [4.69, 9.17) is 5.73 Å². The summed E-state index contributed by atoms with van der Waals surface area (Å²) in [6.45, 7) is 1.27. The van der Waals surface area contributed by atoms with Crippen molar-refractivity contribution in [3.8, 4) is 0 Å². The minimum absolute atomic E-state index is 0.00563. The van der Waals surface area contributed by atoms with Gasteiger partial charge in [-0.25, -0.2) is 4.79 Å². The van der Waals surface area contributed by atoms with Crippen LogP contribution in [0.1, 0.15) is 6.42 Å². The normalized spacial score (nSPS) is 10.4. The Labute approximate surface area is 122 Å². The van der Waals surface area contributed by atoms with Crippen LogP contribution in [-0.2, 0) is 18.9 Å². The zero-order valence-corrected chi connectivity index (χ0v) is 12.5. The van der Waals surface area contributed by atoms with Gasteiger partial charge in [0.1, 0.15) is 11.5 Å². The number of nitrogen functional groups attached to an aromatic ring is 1. The zero-order valence-electron chi connectivity index (χ0n) is 12.5. The number of anilines is 2. The SMILES string of the molecule is CNCCCNC(=O)CNc1c(N)n(C)c(=O)n(C)c1=O. The number of nitrogens with zero attached hydrogens (tertiary/aromatic N) is 2. The third kappa shape index (κ3) is 4.09. The molecule has 0 spiro atoms. The van der Waals surface area contributed by atoms with Crippen LogP contribution in [0.25, 0.3) is 0 Å². The van der Waals surface area contributed by atoms with Crippen molar-refractivity contribution in [2.45, 2.75) is 6.42 Å². The fourth-order valence-corrected chi connectivity index (χ4v) is 1.75. The Morgan fingerprint density at radius 3 is 2.48 bits per heavy atom. The summed E-state index contributed by atoms with van der Waals surface area (Å²) in [5, 5.41) is 8.36. The molecule has 9 nitrogen and oxygen atoms in total. The number of hydrogen-bond donors (Lipinski definition) is 4. The Bertz CT molecular complexity index is 619. The maximum atomic E-state index is 11.9. The maximum absolute atomic E-state index is 11.9. The highest BCUT2D eigenvalue weighted by Crippen LogP contribution is 2.08. The summed E-state index contributed by atoms with van der Waals surface area (Å²) in [6, 6.07) is 0. The predicted molar refractivity (Wildman–Crippen MR) is 81.4 cm³/mol. The summed E-state index contributed by atoms with van der Waals surface area (Å²) in [6.07, 6.45) is 0.811. The van der Waals surface area contributed by atoms with Crippen molar-refractivity contribution < 1.29 is 4.79 Å². The molecule has 1 aromatic rings. The second-order valence-electron chi connectivity index (χ2n) is 4.63. The van der Waals surface area contributed by atoms with Crippen LogP contribution in [0.2, 0.25) is 0 Å². The van der Waals surface area contributed by atoms with E-state index in [9.17, 15) is 14.4 Å². The van der Waals surface area contributed by atoms with E-state index in [1.54, 1.807) is 0 Å². The van der Waals surface area contributed by atoms with Gasteiger partial charge < -0.3 is 21.7 Å². The molecule has 9 heteroatoms. The first-order chi connectivity index (χ1) is 9.90. The first-order valence-electron chi connectivity index (χ1n) is 6.60. The van der Waals surface area contributed by atoms with E-state index in [1.165, 1.54) is 14.1 Å². The van der Waals surface area contributed by atoms with Crippen molar-refractivity contribution in [1.29, 1.82) is 0 Å². The molecule has 0 fully saturated rings. The minimum atomic E-state index is -0.557. The molecule has 0 aliphatic rings. The molecule has 5 N–H and O–H groups in total. The van der Waals surface area contributed by atoms with Gasteiger partial charge in [0.2, 0.25) is 5.91 Å². The van der Waals surface area contributed by atoms with Crippen LogP contribution in [0.5, 0.6) is 0 Å². The number of hydrogen-bond acceptors (Lipinski definition) is 6. The van der Waals surface area contributed by atoms with Crippen molar-refractivity contribution in [3.05, 3.63) is 20.8 Å². The van der Waals surface area contributed by atoms with Gasteiger partial charge in [-0.05, 0) is 20.0 Å². The van der Waals surface area contributed by atoms with E-state index in [2.05, 4.69) is 16.0 Å². The molecule has 0 radical (unpaired) electrons. The van der Waals surface area contributed by atoms with Gasteiger partial charge in [-0.2, -0.15) is 0 Å². The number of carbonyl (C=O) groups excluding carboxylic acids is 1. The van der Waals surface area contributed by atoms with Gasteiger partial charge in [0.25, 0.3) is 5.56 Å². The second kappa shape index (κ2) is 7.48. The van der Waals surface area contributed by atoms with Gasteiger partial charge in [0, 0.05) is 20.6 Å². The fourth-order valence-electron chi connectivity index (χ4n) is 1.75. The van der Waals surface area contributed by atoms with Gasteiger partial charge >= 0.3 is 5.69 Å². The van der Waals surface area contributed by atoms with Crippen LogP contribution in [0.3, 0.4) is 0 Å². The molecule has 0 unspecified atom stereocenters. The van der Waals surface area contributed by atoms with Crippen LogP contribution in [0.15, 0.2) is 9.59 Å². The van der Waals surface area contributed by atoms with E-state index in [0.29, 0.717) is 6.54 Å². The van der Waals surface area contributed by atoms with Crippen LogP contribution in [0.4, 0.5) is 11.5 Å². The summed E-state index contributed by atoms with van der Waals surface area (Å²) in [7, 11) is 4.65. The van der Waals surface area contributed by atoms with Gasteiger partial charge in [0.15, 0.2) is 0 Å². The van der Waals surface area contributed by atoms with Crippen molar-refractivity contribution >= 4 is 17.4 Å². The lowest BCUT2D eigenvalue weighted by atomic mass is 10.4. The molecule has 0 atom stereocenters. The van der Waals surface area contributed by atoms with E-state index in [1.807, 2.05) is 7.05 Å². The van der Waals surface area contributed by atoms with Gasteiger partial charge in [-0.1, -0.05) is 0 Å². The summed E-state index contributed by atoms with van der Waals surface area (Å²) in [4.78, 5) is 35.2. The number of nitrogens with one attached hydrogen (secondary N) is 3. The summed E-state index contributed by atoms with van der Waals surface area (Å²) in [5.74, 6) is -0.243. The Morgan fingerprint density at radius 1 is 1.19 bits per heavy atom. The van der Waals surface area contributed by atoms with Crippen LogP contribution in [0, 0.1) is 0 Å². The third-order valence-electron chi connectivity index (χ3n) is 3.06. The van der Waals surface area contributed by atoms with Crippen molar-refractivity contribution in [2.24, 2.45) is 14.1 Å². The van der Waals surface area contributed by atoms with Crippen LogP contribution < -0.4 is 32.9 Å². The fraction of sp³-hybridized carbons (Fsp3) is 0.583. The molecule has 21 heavy (non-hydrogen) atoms. The van der Waals surface area contributed by atoms with Gasteiger partial charge in [0.05, 0.1) is 6.54 Å². The molecule has 1 rings (SSSR count). The number of aromatic nitrogens is 2. The topological polar surface area (TPSA) is 123 Å². The predicted octanol–water partition coefficient (Wildman–Crippen LogP) is -2.20. The molecule has 1 amide bonds. The maximum Gasteiger partial charge on any atom is 0.332 e. The lowest BCUT2D eigenvalue weighted by Crippen LogP contribution is -2.41.